The van der Waals surface area contributed by atoms with E-state index < -0.39 is 5.91 Å². The zero-order valence-corrected chi connectivity index (χ0v) is 20.9. The number of rotatable bonds is 7. The molecule has 3 aromatic carbocycles. The lowest BCUT2D eigenvalue weighted by molar-refractivity contribution is -0.112. The van der Waals surface area contributed by atoms with Gasteiger partial charge in [-0.15, -0.1) is 0 Å². The SMILES string of the molecule is COc1cc(/C=C(\C#N)C(=O)Nc2c(Cl)cccc2Cl)cc(Br)c1OCc1ccccc1C. The predicted molar refractivity (Wildman–Crippen MR) is 135 cm³/mol. The van der Waals surface area contributed by atoms with Gasteiger partial charge in [-0.2, -0.15) is 5.26 Å². The van der Waals surface area contributed by atoms with E-state index in [1.54, 1.807) is 30.3 Å². The van der Waals surface area contributed by atoms with E-state index in [9.17, 15) is 10.1 Å². The van der Waals surface area contributed by atoms with Crippen molar-refractivity contribution >= 4 is 56.8 Å². The van der Waals surface area contributed by atoms with Crippen LogP contribution < -0.4 is 14.8 Å². The van der Waals surface area contributed by atoms with Gasteiger partial charge in [-0.1, -0.05) is 53.5 Å². The van der Waals surface area contributed by atoms with E-state index in [0.29, 0.717) is 28.1 Å². The van der Waals surface area contributed by atoms with Crippen molar-refractivity contribution in [1.82, 2.24) is 0 Å². The van der Waals surface area contributed by atoms with Crippen LogP contribution in [0.3, 0.4) is 0 Å². The summed E-state index contributed by atoms with van der Waals surface area (Å²) < 4.78 is 12.1. The summed E-state index contributed by atoms with van der Waals surface area (Å²) in [4.78, 5) is 12.7. The Morgan fingerprint density at radius 1 is 1.15 bits per heavy atom. The monoisotopic (exact) mass is 544 g/mol. The number of carbonyl (C=O) groups excluding carboxylic acids is 1. The van der Waals surface area contributed by atoms with Crippen molar-refractivity contribution < 1.29 is 14.3 Å². The van der Waals surface area contributed by atoms with E-state index in [1.165, 1.54) is 13.2 Å². The molecule has 0 aliphatic heterocycles. The van der Waals surface area contributed by atoms with Gasteiger partial charge in [-0.25, -0.2) is 0 Å². The molecule has 33 heavy (non-hydrogen) atoms. The Bertz CT molecular complexity index is 1250. The average molecular weight is 546 g/mol. The number of aryl methyl sites for hydroxylation is 1. The molecule has 0 bridgehead atoms. The van der Waals surface area contributed by atoms with Crippen LogP contribution in [0.25, 0.3) is 6.08 Å². The fourth-order valence-corrected chi connectivity index (χ4v) is 4.06. The number of halogens is 3. The first-order chi connectivity index (χ1) is 15.8. The van der Waals surface area contributed by atoms with Gasteiger partial charge in [0.25, 0.3) is 5.91 Å². The zero-order valence-electron chi connectivity index (χ0n) is 17.8. The summed E-state index contributed by atoms with van der Waals surface area (Å²) in [7, 11) is 1.52. The van der Waals surface area contributed by atoms with Gasteiger partial charge in [-0.3, -0.25) is 4.79 Å². The molecule has 3 rings (SSSR count). The van der Waals surface area contributed by atoms with Crippen molar-refractivity contribution in [2.75, 3.05) is 12.4 Å². The van der Waals surface area contributed by atoms with E-state index in [2.05, 4.69) is 21.2 Å². The van der Waals surface area contributed by atoms with E-state index in [-0.39, 0.29) is 21.3 Å². The standard InChI is InChI=1S/C25H19BrCl2N2O3/c1-15-6-3-4-7-17(15)14-33-24-19(26)11-16(12-22(24)32-2)10-18(13-29)25(31)30-23-20(27)8-5-9-21(23)28/h3-12H,14H2,1-2H3,(H,30,31)/b18-10+. The molecule has 0 aliphatic carbocycles. The number of amides is 1. The van der Waals surface area contributed by atoms with Crippen LogP contribution >= 0.6 is 39.1 Å². The molecular weight excluding hydrogens is 527 g/mol. The average Bonchev–Trinajstić information content (AvgIpc) is 2.79. The van der Waals surface area contributed by atoms with Crippen molar-refractivity contribution in [1.29, 1.82) is 5.26 Å². The minimum atomic E-state index is -0.637. The number of hydrogen-bond donors (Lipinski definition) is 1. The molecule has 0 atom stereocenters. The molecule has 0 aromatic heterocycles. The first kappa shape index (κ1) is 24.7. The van der Waals surface area contributed by atoms with E-state index in [4.69, 9.17) is 32.7 Å². The van der Waals surface area contributed by atoms with Crippen molar-refractivity contribution in [2.24, 2.45) is 0 Å². The smallest absolute Gasteiger partial charge is 0.266 e. The first-order valence-electron chi connectivity index (χ1n) is 9.76. The third kappa shape index (κ3) is 6.08. The normalized spacial score (nSPS) is 11.0. The van der Waals surface area contributed by atoms with E-state index in [0.717, 1.165) is 11.1 Å². The molecule has 0 heterocycles. The molecule has 0 saturated carbocycles. The van der Waals surface area contributed by atoms with Crippen LogP contribution in [0.2, 0.25) is 10.0 Å². The summed E-state index contributed by atoms with van der Waals surface area (Å²) in [5.74, 6) is 0.335. The van der Waals surface area contributed by atoms with Crippen LogP contribution in [-0.4, -0.2) is 13.0 Å². The van der Waals surface area contributed by atoms with Gasteiger partial charge >= 0.3 is 0 Å². The number of nitrogens with one attached hydrogen (secondary N) is 1. The number of nitriles is 1. The Morgan fingerprint density at radius 3 is 2.48 bits per heavy atom. The second-order valence-corrected chi connectivity index (χ2v) is 8.64. The van der Waals surface area contributed by atoms with Crippen LogP contribution in [0.4, 0.5) is 5.69 Å². The maximum Gasteiger partial charge on any atom is 0.266 e. The maximum atomic E-state index is 12.7. The largest absolute Gasteiger partial charge is 0.493 e. The van der Waals surface area contributed by atoms with Crippen LogP contribution in [0, 0.1) is 18.3 Å². The molecule has 3 aromatic rings. The molecule has 168 valence electrons. The number of methoxy groups -OCH3 is 1. The molecule has 0 spiro atoms. The molecule has 0 radical (unpaired) electrons. The van der Waals surface area contributed by atoms with Crippen molar-refractivity contribution in [3.8, 4) is 17.6 Å². The molecule has 0 aliphatic rings. The highest BCUT2D eigenvalue weighted by atomic mass is 79.9. The van der Waals surface area contributed by atoms with Crippen LogP contribution in [0.1, 0.15) is 16.7 Å². The Labute approximate surface area is 210 Å². The number of benzene rings is 3. The molecule has 0 saturated heterocycles. The molecular formula is C25H19BrCl2N2O3. The van der Waals surface area contributed by atoms with Gasteiger partial charge in [0, 0.05) is 0 Å². The number of carbonyl (C=O) groups is 1. The molecule has 5 nitrogen and oxygen atoms in total. The van der Waals surface area contributed by atoms with Gasteiger partial charge in [0.1, 0.15) is 18.2 Å². The number of hydrogen-bond acceptors (Lipinski definition) is 4. The maximum absolute atomic E-state index is 12.7. The molecule has 8 heteroatoms. The van der Waals surface area contributed by atoms with Crippen molar-refractivity contribution in [2.45, 2.75) is 13.5 Å². The van der Waals surface area contributed by atoms with E-state index in [1.807, 2.05) is 37.3 Å². The highest BCUT2D eigenvalue weighted by molar-refractivity contribution is 9.10. The summed E-state index contributed by atoms with van der Waals surface area (Å²) in [6.07, 6.45) is 1.44. The molecule has 1 N–H and O–H groups in total. The lowest BCUT2D eigenvalue weighted by Gasteiger charge is -2.15. The van der Waals surface area contributed by atoms with Gasteiger partial charge < -0.3 is 14.8 Å². The highest BCUT2D eigenvalue weighted by Gasteiger charge is 2.16. The number of para-hydroxylation sites is 1. The Kier molecular flexibility index (Phi) is 8.40. The number of nitrogens with zero attached hydrogens (tertiary/aromatic N) is 1. The first-order valence-corrected chi connectivity index (χ1v) is 11.3. The Morgan fingerprint density at radius 2 is 1.85 bits per heavy atom. The Balaban J connectivity index is 1.86. The molecule has 0 unspecified atom stereocenters. The lowest BCUT2D eigenvalue weighted by Crippen LogP contribution is -2.14. The topological polar surface area (TPSA) is 71.3 Å². The quantitative estimate of drug-likeness (QED) is 0.252. The van der Waals surface area contributed by atoms with Crippen LogP contribution in [0.15, 0.2) is 64.6 Å². The number of anilines is 1. The summed E-state index contributed by atoms with van der Waals surface area (Å²) in [6, 6.07) is 18.1. The zero-order chi connectivity index (χ0) is 24.0. The third-order valence-electron chi connectivity index (χ3n) is 4.76. The summed E-state index contributed by atoms with van der Waals surface area (Å²) in [5, 5.41) is 12.7. The fourth-order valence-electron chi connectivity index (χ4n) is 3.00. The van der Waals surface area contributed by atoms with Crippen LogP contribution in [-0.2, 0) is 11.4 Å². The molecule has 1 amide bonds. The summed E-state index contributed by atoms with van der Waals surface area (Å²) in [6.45, 7) is 2.38. The minimum absolute atomic E-state index is 0.131. The van der Waals surface area contributed by atoms with Crippen molar-refractivity contribution in [3.05, 3.63) is 91.4 Å². The molecule has 0 fully saturated rings. The van der Waals surface area contributed by atoms with Gasteiger partial charge in [0.2, 0.25) is 0 Å². The fraction of sp³-hybridized carbons (Fsp3) is 0.120. The van der Waals surface area contributed by atoms with Gasteiger partial charge in [0.15, 0.2) is 11.5 Å². The highest BCUT2D eigenvalue weighted by Crippen LogP contribution is 2.38. The third-order valence-corrected chi connectivity index (χ3v) is 5.98. The Hall–Kier alpha value is -2.98. The minimum Gasteiger partial charge on any atom is -0.493 e. The van der Waals surface area contributed by atoms with Gasteiger partial charge in [-0.05, 0) is 69.9 Å². The van der Waals surface area contributed by atoms with E-state index >= 15 is 0 Å². The lowest BCUT2D eigenvalue weighted by atomic mass is 10.1. The van der Waals surface area contributed by atoms with Gasteiger partial charge in [0.05, 0.1) is 27.3 Å². The number of ether oxygens (including phenoxy) is 2. The summed E-state index contributed by atoms with van der Waals surface area (Å²) >= 11 is 15.7. The second-order valence-electron chi connectivity index (χ2n) is 6.97. The summed E-state index contributed by atoms with van der Waals surface area (Å²) in [5.41, 5.74) is 2.85. The van der Waals surface area contributed by atoms with Crippen LogP contribution in [0.5, 0.6) is 11.5 Å². The van der Waals surface area contributed by atoms with Crippen molar-refractivity contribution in [3.63, 3.8) is 0 Å². The second kappa shape index (κ2) is 11.2. The predicted octanol–water partition coefficient (Wildman–Crippen LogP) is 7.20.